The van der Waals surface area contributed by atoms with E-state index in [0.29, 0.717) is 17.3 Å². The molecular formula is C15H28O2. The molecule has 1 aliphatic carbocycles. The lowest BCUT2D eigenvalue weighted by atomic mass is 9.64. The summed E-state index contributed by atoms with van der Waals surface area (Å²) in [5.74, 6) is 0.428. The van der Waals surface area contributed by atoms with Crippen LogP contribution in [-0.2, 0) is 4.79 Å². The van der Waals surface area contributed by atoms with Crippen LogP contribution in [0.5, 0.6) is 0 Å². The van der Waals surface area contributed by atoms with Gasteiger partial charge in [0.2, 0.25) is 0 Å². The number of carbonyl (C=O) groups is 1. The summed E-state index contributed by atoms with van der Waals surface area (Å²) in [4.78, 5) is 11.3. The van der Waals surface area contributed by atoms with Crippen molar-refractivity contribution in [2.45, 2.75) is 66.2 Å². The normalized spacial score (nSPS) is 28.3. The van der Waals surface area contributed by atoms with Crippen LogP contribution in [0, 0.1) is 23.2 Å². The average Bonchev–Trinajstić information content (AvgIpc) is 2.24. The lowest BCUT2D eigenvalue weighted by Gasteiger charge is -2.40. The Bertz CT molecular complexity index is 254. The minimum atomic E-state index is -0.573. The molecule has 17 heavy (non-hydrogen) atoms. The van der Waals surface area contributed by atoms with Crippen molar-refractivity contribution in [1.29, 1.82) is 0 Å². The molecule has 0 radical (unpaired) electrons. The van der Waals surface area contributed by atoms with E-state index in [0.717, 1.165) is 25.7 Å². The Balaban J connectivity index is 2.70. The van der Waals surface area contributed by atoms with Crippen LogP contribution < -0.4 is 0 Å². The van der Waals surface area contributed by atoms with Crippen molar-refractivity contribution in [2.24, 2.45) is 23.2 Å². The van der Waals surface area contributed by atoms with Crippen LogP contribution in [0.15, 0.2) is 0 Å². The molecule has 2 unspecified atom stereocenters. The molecule has 100 valence electrons. The number of carboxylic acids is 1. The Kier molecular flexibility index (Phi) is 5.03. The first kappa shape index (κ1) is 14.5. The minimum Gasteiger partial charge on any atom is -0.481 e. The molecule has 2 atom stereocenters. The molecule has 1 rings (SSSR count). The quantitative estimate of drug-likeness (QED) is 0.776. The van der Waals surface area contributed by atoms with Gasteiger partial charge in [0.15, 0.2) is 0 Å². The zero-order valence-corrected chi connectivity index (χ0v) is 11.8. The molecule has 0 bridgehead atoms. The van der Waals surface area contributed by atoms with Crippen molar-refractivity contribution in [3.8, 4) is 0 Å². The number of aliphatic carboxylic acids is 1. The maximum absolute atomic E-state index is 11.3. The average molecular weight is 240 g/mol. The van der Waals surface area contributed by atoms with Gasteiger partial charge in [-0.25, -0.2) is 0 Å². The highest BCUT2D eigenvalue weighted by Gasteiger charge is 2.38. The van der Waals surface area contributed by atoms with Crippen LogP contribution in [0.3, 0.4) is 0 Å². The van der Waals surface area contributed by atoms with Crippen LogP contribution in [0.25, 0.3) is 0 Å². The summed E-state index contributed by atoms with van der Waals surface area (Å²) < 4.78 is 0. The van der Waals surface area contributed by atoms with Crippen molar-refractivity contribution in [1.82, 2.24) is 0 Å². The summed E-state index contributed by atoms with van der Waals surface area (Å²) in [6, 6.07) is 0. The minimum absolute atomic E-state index is 0.0939. The fourth-order valence-corrected chi connectivity index (χ4v) is 3.36. The van der Waals surface area contributed by atoms with E-state index >= 15 is 0 Å². The first-order valence-corrected chi connectivity index (χ1v) is 7.12. The summed E-state index contributed by atoms with van der Waals surface area (Å²) in [5.41, 5.74) is 0.336. The monoisotopic (exact) mass is 240 g/mol. The number of carboxylic acid groups (broad SMARTS) is 1. The van der Waals surface area contributed by atoms with Crippen LogP contribution in [-0.4, -0.2) is 11.1 Å². The van der Waals surface area contributed by atoms with E-state index in [1.807, 2.05) is 0 Å². The van der Waals surface area contributed by atoms with Gasteiger partial charge in [-0.1, -0.05) is 40.5 Å². The SMILES string of the molecule is CCC(CC)CC1CC(C)(C)CCC1C(=O)O. The number of hydrogen-bond acceptors (Lipinski definition) is 1. The summed E-state index contributed by atoms with van der Waals surface area (Å²) in [5, 5.41) is 9.34. The van der Waals surface area contributed by atoms with E-state index in [-0.39, 0.29) is 5.92 Å². The van der Waals surface area contributed by atoms with E-state index in [1.54, 1.807) is 0 Å². The van der Waals surface area contributed by atoms with E-state index in [4.69, 9.17) is 0 Å². The molecule has 0 aromatic carbocycles. The molecule has 1 N–H and O–H groups in total. The first-order valence-electron chi connectivity index (χ1n) is 7.12. The van der Waals surface area contributed by atoms with E-state index < -0.39 is 5.97 Å². The topological polar surface area (TPSA) is 37.3 Å². The predicted molar refractivity (Wildman–Crippen MR) is 70.9 cm³/mol. The highest BCUT2D eigenvalue weighted by molar-refractivity contribution is 5.70. The third kappa shape index (κ3) is 4.01. The van der Waals surface area contributed by atoms with Gasteiger partial charge in [0.25, 0.3) is 0 Å². The first-order chi connectivity index (χ1) is 7.89. The van der Waals surface area contributed by atoms with Crippen LogP contribution in [0.1, 0.15) is 66.2 Å². The molecule has 1 saturated carbocycles. The molecular weight excluding hydrogens is 212 g/mol. The van der Waals surface area contributed by atoms with Crippen molar-refractivity contribution in [2.75, 3.05) is 0 Å². The Morgan fingerprint density at radius 2 is 1.94 bits per heavy atom. The van der Waals surface area contributed by atoms with E-state index in [2.05, 4.69) is 27.7 Å². The van der Waals surface area contributed by atoms with Gasteiger partial charge in [-0.2, -0.15) is 0 Å². The highest BCUT2D eigenvalue weighted by Crippen LogP contribution is 2.44. The third-order valence-electron chi connectivity index (χ3n) is 4.62. The van der Waals surface area contributed by atoms with Gasteiger partial charge in [0.05, 0.1) is 5.92 Å². The van der Waals surface area contributed by atoms with E-state index in [9.17, 15) is 9.90 Å². The zero-order valence-electron chi connectivity index (χ0n) is 11.8. The summed E-state index contributed by atoms with van der Waals surface area (Å²) >= 11 is 0. The van der Waals surface area contributed by atoms with Gasteiger partial charge in [-0.3, -0.25) is 4.79 Å². The maximum atomic E-state index is 11.3. The molecule has 0 aromatic rings. The molecule has 0 heterocycles. The van der Waals surface area contributed by atoms with Crippen molar-refractivity contribution < 1.29 is 9.90 Å². The van der Waals surface area contributed by atoms with Gasteiger partial charge < -0.3 is 5.11 Å². The smallest absolute Gasteiger partial charge is 0.306 e. The summed E-state index contributed by atoms with van der Waals surface area (Å²) in [6.45, 7) is 9.01. The van der Waals surface area contributed by atoms with Gasteiger partial charge in [-0.15, -0.1) is 0 Å². The van der Waals surface area contributed by atoms with Gasteiger partial charge in [0.1, 0.15) is 0 Å². The van der Waals surface area contributed by atoms with Crippen molar-refractivity contribution in [3.63, 3.8) is 0 Å². The molecule has 0 amide bonds. The molecule has 2 nitrogen and oxygen atoms in total. The fourth-order valence-electron chi connectivity index (χ4n) is 3.36. The van der Waals surface area contributed by atoms with Crippen LogP contribution in [0.4, 0.5) is 0 Å². The Hall–Kier alpha value is -0.530. The Morgan fingerprint density at radius 3 is 2.41 bits per heavy atom. The van der Waals surface area contributed by atoms with Gasteiger partial charge >= 0.3 is 5.97 Å². The maximum Gasteiger partial charge on any atom is 0.306 e. The highest BCUT2D eigenvalue weighted by atomic mass is 16.4. The van der Waals surface area contributed by atoms with Crippen LogP contribution in [0.2, 0.25) is 0 Å². The number of rotatable bonds is 5. The summed E-state index contributed by atoms with van der Waals surface area (Å²) in [6.07, 6.45) is 6.48. The van der Waals surface area contributed by atoms with E-state index in [1.165, 1.54) is 12.8 Å². The molecule has 1 aliphatic rings. The zero-order chi connectivity index (χ0) is 13.1. The molecule has 1 fully saturated rings. The molecule has 0 saturated heterocycles. The molecule has 0 aromatic heterocycles. The lowest BCUT2D eigenvalue weighted by Crippen LogP contribution is -2.35. The molecule has 2 heteroatoms. The Morgan fingerprint density at radius 1 is 1.35 bits per heavy atom. The molecule has 0 aliphatic heterocycles. The molecule has 0 spiro atoms. The second kappa shape index (κ2) is 5.88. The Labute approximate surface area is 106 Å². The third-order valence-corrected chi connectivity index (χ3v) is 4.62. The summed E-state index contributed by atoms with van der Waals surface area (Å²) in [7, 11) is 0. The lowest BCUT2D eigenvalue weighted by molar-refractivity contribution is -0.146. The van der Waals surface area contributed by atoms with Crippen molar-refractivity contribution >= 4 is 5.97 Å². The van der Waals surface area contributed by atoms with Crippen molar-refractivity contribution in [3.05, 3.63) is 0 Å². The van der Waals surface area contributed by atoms with Gasteiger partial charge in [-0.05, 0) is 42.9 Å². The fraction of sp³-hybridized carbons (Fsp3) is 0.933. The van der Waals surface area contributed by atoms with Crippen LogP contribution >= 0.6 is 0 Å². The second-order valence-corrected chi connectivity index (χ2v) is 6.53. The van der Waals surface area contributed by atoms with Gasteiger partial charge in [0, 0.05) is 0 Å². The largest absolute Gasteiger partial charge is 0.481 e. The standard InChI is InChI=1S/C15H28O2/c1-5-11(6-2)9-12-10-15(3,4)8-7-13(12)14(16)17/h11-13H,5-10H2,1-4H3,(H,16,17). The number of hydrogen-bond donors (Lipinski definition) is 1. The second-order valence-electron chi connectivity index (χ2n) is 6.53. The predicted octanol–water partition coefficient (Wildman–Crippen LogP) is 4.34.